The second-order valence-corrected chi connectivity index (χ2v) is 4.20. The number of hydrogen-bond donors (Lipinski definition) is 2. The van der Waals surface area contributed by atoms with Gasteiger partial charge < -0.3 is 10.6 Å². The summed E-state index contributed by atoms with van der Waals surface area (Å²) in [5, 5.41) is 5.72. The predicted octanol–water partition coefficient (Wildman–Crippen LogP) is 2.81. The van der Waals surface area contributed by atoms with E-state index in [2.05, 4.69) is 10.6 Å². The van der Waals surface area contributed by atoms with Crippen LogP contribution in [-0.4, -0.2) is 18.5 Å². The van der Waals surface area contributed by atoms with Gasteiger partial charge in [-0.05, 0) is 38.1 Å². The van der Waals surface area contributed by atoms with Gasteiger partial charge in [0.1, 0.15) is 5.82 Å². The van der Waals surface area contributed by atoms with Gasteiger partial charge in [-0.1, -0.05) is 18.5 Å². The molecule has 1 amide bonds. The zero-order valence-electron chi connectivity index (χ0n) is 9.89. The van der Waals surface area contributed by atoms with E-state index >= 15 is 0 Å². The van der Waals surface area contributed by atoms with Crippen molar-refractivity contribution in [2.45, 2.75) is 26.3 Å². The maximum absolute atomic E-state index is 12.9. The maximum Gasteiger partial charge on any atom is 0.241 e. The standard InChI is InChI=1S/C12H16ClFN2O/c1-3-6-15-8(2)12(17)16-9-4-5-11(14)10(13)7-9/h4-5,7-8,15H,3,6H2,1-2H3,(H,16,17). The molecule has 0 aliphatic rings. The molecular weight excluding hydrogens is 243 g/mol. The summed E-state index contributed by atoms with van der Waals surface area (Å²) in [6.45, 7) is 4.58. The Morgan fingerprint density at radius 2 is 2.24 bits per heavy atom. The van der Waals surface area contributed by atoms with Crippen LogP contribution in [0.3, 0.4) is 0 Å². The second-order valence-electron chi connectivity index (χ2n) is 3.79. The smallest absolute Gasteiger partial charge is 0.241 e. The molecule has 0 saturated heterocycles. The van der Waals surface area contributed by atoms with Crippen LogP contribution in [0, 0.1) is 5.82 Å². The fourth-order valence-corrected chi connectivity index (χ4v) is 1.46. The van der Waals surface area contributed by atoms with Crippen molar-refractivity contribution in [3.8, 4) is 0 Å². The van der Waals surface area contributed by atoms with Crippen molar-refractivity contribution in [2.75, 3.05) is 11.9 Å². The number of carbonyl (C=O) groups is 1. The van der Waals surface area contributed by atoms with Gasteiger partial charge in [-0.25, -0.2) is 4.39 Å². The Morgan fingerprint density at radius 3 is 2.82 bits per heavy atom. The van der Waals surface area contributed by atoms with Crippen molar-refractivity contribution in [1.82, 2.24) is 5.32 Å². The normalized spacial score (nSPS) is 12.2. The topological polar surface area (TPSA) is 41.1 Å². The summed E-state index contributed by atoms with van der Waals surface area (Å²) in [6, 6.07) is 3.80. The lowest BCUT2D eigenvalue weighted by Gasteiger charge is -2.13. The van der Waals surface area contributed by atoms with Gasteiger partial charge in [-0.3, -0.25) is 4.79 Å². The highest BCUT2D eigenvalue weighted by molar-refractivity contribution is 6.31. The quantitative estimate of drug-likeness (QED) is 0.853. The van der Waals surface area contributed by atoms with Gasteiger partial charge in [-0.2, -0.15) is 0 Å². The van der Waals surface area contributed by atoms with Gasteiger partial charge in [0, 0.05) is 5.69 Å². The van der Waals surface area contributed by atoms with Crippen molar-refractivity contribution in [2.24, 2.45) is 0 Å². The third-order valence-electron chi connectivity index (χ3n) is 2.28. The molecule has 0 aliphatic heterocycles. The SMILES string of the molecule is CCCNC(C)C(=O)Nc1ccc(F)c(Cl)c1. The lowest BCUT2D eigenvalue weighted by molar-refractivity contribution is -0.117. The number of benzene rings is 1. The van der Waals surface area contributed by atoms with Gasteiger partial charge in [0.25, 0.3) is 0 Å². The molecule has 1 aromatic carbocycles. The minimum absolute atomic E-state index is 0.00281. The lowest BCUT2D eigenvalue weighted by Crippen LogP contribution is -2.38. The third kappa shape index (κ3) is 4.32. The van der Waals surface area contributed by atoms with Crippen LogP contribution in [0.15, 0.2) is 18.2 Å². The molecule has 0 aliphatic carbocycles. The molecule has 94 valence electrons. The zero-order chi connectivity index (χ0) is 12.8. The summed E-state index contributed by atoms with van der Waals surface area (Å²) in [7, 11) is 0. The highest BCUT2D eigenvalue weighted by Gasteiger charge is 2.12. The molecule has 0 saturated carbocycles. The van der Waals surface area contributed by atoms with E-state index in [0.717, 1.165) is 13.0 Å². The molecule has 0 fully saturated rings. The van der Waals surface area contributed by atoms with Crippen LogP contribution in [0.1, 0.15) is 20.3 Å². The van der Waals surface area contributed by atoms with Crippen LogP contribution in [-0.2, 0) is 4.79 Å². The Bertz CT molecular complexity index is 398. The maximum atomic E-state index is 12.9. The largest absolute Gasteiger partial charge is 0.325 e. The molecule has 5 heteroatoms. The molecule has 1 aromatic rings. The van der Waals surface area contributed by atoms with E-state index < -0.39 is 5.82 Å². The van der Waals surface area contributed by atoms with Gasteiger partial charge in [-0.15, -0.1) is 0 Å². The molecule has 0 radical (unpaired) electrons. The molecule has 2 N–H and O–H groups in total. The van der Waals surface area contributed by atoms with Crippen molar-refractivity contribution < 1.29 is 9.18 Å². The van der Waals surface area contributed by atoms with Gasteiger partial charge in [0.15, 0.2) is 0 Å². The van der Waals surface area contributed by atoms with E-state index in [1.165, 1.54) is 18.2 Å². The Labute approximate surface area is 105 Å². The van der Waals surface area contributed by atoms with Crippen LogP contribution < -0.4 is 10.6 Å². The van der Waals surface area contributed by atoms with Crippen LogP contribution >= 0.6 is 11.6 Å². The predicted molar refractivity (Wildman–Crippen MR) is 67.8 cm³/mol. The minimum Gasteiger partial charge on any atom is -0.325 e. The Morgan fingerprint density at radius 1 is 1.53 bits per heavy atom. The number of halogens is 2. The number of nitrogens with one attached hydrogen (secondary N) is 2. The summed E-state index contributed by atoms with van der Waals surface area (Å²) in [5.41, 5.74) is 0.492. The number of amides is 1. The van der Waals surface area contributed by atoms with Gasteiger partial charge in [0.05, 0.1) is 11.1 Å². The summed E-state index contributed by atoms with van der Waals surface area (Å²) in [6.07, 6.45) is 0.958. The zero-order valence-corrected chi connectivity index (χ0v) is 10.6. The van der Waals surface area contributed by atoms with E-state index in [9.17, 15) is 9.18 Å². The molecule has 1 unspecified atom stereocenters. The van der Waals surface area contributed by atoms with Crippen LogP contribution in [0.4, 0.5) is 10.1 Å². The first-order valence-corrected chi connectivity index (χ1v) is 5.91. The highest BCUT2D eigenvalue weighted by atomic mass is 35.5. The fourth-order valence-electron chi connectivity index (χ4n) is 1.28. The monoisotopic (exact) mass is 258 g/mol. The Kier molecular flexibility index (Phi) is 5.38. The third-order valence-corrected chi connectivity index (χ3v) is 2.57. The minimum atomic E-state index is -0.498. The summed E-state index contributed by atoms with van der Waals surface area (Å²) < 4.78 is 12.9. The first-order valence-electron chi connectivity index (χ1n) is 5.54. The Balaban J connectivity index is 2.58. The number of carbonyl (C=O) groups excluding carboxylic acids is 1. The number of hydrogen-bond acceptors (Lipinski definition) is 2. The molecule has 3 nitrogen and oxygen atoms in total. The molecule has 0 spiro atoms. The number of anilines is 1. The van der Waals surface area contributed by atoms with E-state index in [1.807, 2.05) is 6.92 Å². The van der Waals surface area contributed by atoms with Crippen LogP contribution in [0.2, 0.25) is 5.02 Å². The molecule has 0 aromatic heterocycles. The van der Waals surface area contributed by atoms with Crippen molar-refractivity contribution in [1.29, 1.82) is 0 Å². The first kappa shape index (κ1) is 13.9. The molecular formula is C12H16ClFN2O. The van der Waals surface area contributed by atoms with E-state index in [1.54, 1.807) is 6.92 Å². The van der Waals surface area contributed by atoms with Gasteiger partial charge in [0.2, 0.25) is 5.91 Å². The highest BCUT2D eigenvalue weighted by Crippen LogP contribution is 2.19. The molecule has 1 rings (SSSR count). The summed E-state index contributed by atoms with van der Waals surface area (Å²) in [5.74, 6) is -0.664. The molecule has 1 atom stereocenters. The summed E-state index contributed by atoms with van der Waals surface area (Å²) in [4.78, 5) is 11.7. The van der Waals surface area contributed by atoms with E-state index in [4.69, 9.17) is 11.6 Å². The molecule has 17 heavy (non-hydrogen) atoms. The average Bonchev–Trinajstić information content (AvgIpc) is 2.30. The van der Waals surface area contributed by atoms with Crippen molar-refractivity contribution in [3.63, 3.8) is 0 Å². The molecule has 0 bridgehead atoms. The average molecular weight is 259 g/mol. The van der Waals surface area contributed by atoms with E-state index in [-0.39, 0.29) is 17.0 Å². The second kappa shape index (κ2) is 6.57. The number of rotatable bonds is 5. The first-order chi connectivity index (χ1) is 8.04. The van der Waals surface area contributed by atoms with E-state index in [0.29, 0.717) is 5.69 Å². The van der Waals surface area contributed by atoms with Gasteiger partial charge >= 0.3 is 0 Å². The lowest BCUT2D eigenvalue weighted by atomic mass is 10.2. The Hall–Kier alpha value is -1.13. The van der Waals surface area contributed by atoms with Crippen LogP contribution in [0.25, 0.3) is 0 Å². The van der Waals surface area contributed by atoms with Crippen molar-refractivity contribution in [3.05, 3.63) is 29.0 Å². The fraction of sp³-hybridized carbons (Fsp3) is 0.417. The van der Waals surface area contributed by atoms with Crippen LogP contribution in [0.5, 0.6) is 0 Å². The summed E-state index contributed by atoms with van der Waals surface area (Å²) >= 11 is 5.62. The van der Waals surface area contributed by atoms with Crippen molar-refractivity contribution >= 4 is 23.2 Å². The molecule has 0 heterocycles.